The molecule has 0 saturated heterocycles. The number of hydrogen-bond donors (Lipinski definition) is 2. The van der Waals surface area contributed by atoms with E-state index in [9.17, 15) is 4.39 Å². The molecule has 21 heavy (non-hydrogen) atoms. The summed E-state index contributed by atoms with van der Waals surface area (Å²) in [5, 5.41) is 6.11. The Morgan fingerprint density at radius 1 is 1.24 bits per heavy atom. The molecule has 0 amide bonds. The lowest BCUT2D eigenvalue weighted by Crippen LogP contribution is -2.07. The topological polar surface area (TPSA) is 59.1 Å². The van der Waals surface area contributed by atoms with Gasteiger partial charge in [0.05, 0.1) is 12.8 Å². The number of aromatic nitrogens is 2. The minimum Gasteiger partial charge on any atom is -0.490 e. The van der Waals surface area contributed by atoms with Crippen LogP contribution in [0.1, 0.15) is 18.9 Å². The molecule has 5 nitrogen and oxygen atoms in total. The lowest BCUT2D eigenvalue weighted by Gasteiger charge is -2.14. The number of hydrogen-bond acceptors (Lipinski definition) is 5. The molecule has 0 atom stereocenters. The third-order valence-corrected chi connectivity index (χ3v) is 2.93. The third-order valence-electron chi connectivity index (χ3n) is 2.93. The first kappa shape index (κ1) is 15.0. The lowest BCUT2D eigenvalue weighted by atomic mass is 10.2. The Morgan fingerprint density at radius 2 is 2.00 bits per heavy atom. The summed E-state index contributed by atoms with van der Waals surface area (Å²) in [6, 6.07) is 4.85. The second-order valence-corrected chi connectivity index (χ2v) is 4.64. The summed E-state index contributed by atoms with van der Waals surface area (Å²) in [5.41, 5.74) is 1.31. The molecule has 2 N–H and O–H groups in total. The summed E-state index contributed by atoms with van der Waals surface area (Å²) in [7, 11) is 1.54. The molecule has 0 fully saturated rings. The number of aryl methyl sites for hydroxylation is 1. The molecular formula is C15H19FN4O. The number of benzene rings is 1. The van der Waals surface area contributed by atoms with Gasteiger partial charge in [-0.15, -0.1) is 0 Å². The van der Waals surface area contributed by atoms with Gasteiger partial charge in [-0.25, -0.2) is 14.4 Å². The maximum absolute atomic E-state index is 13.8. The van der Waals surface area contributed by atoms with Crippen molar-refractivity contribution in [2.45, 2.75) is 20.3 Å². The van der Waals surface area contributed by atoms with Crippen molar-refractivity contribution < 1.29 is 9.13 Å². The summed E-state index contributed by atoms with van der Waals surface area (Å²) in [6.07, 6.45) is 2.37. The second kappa shape index (κ2) is 6.88. The van der Waals surface area contributed by atoms with Gasteiger partial charge in [0.15, 0.2) is 11.6 Å². The largest absolute Gasteiger partial charge is 0.490 e. The fourth-order valence-corrected chi connectivity index (χ4v) is 1.89. The van der Waals surface area contributed by atoms with Crippen LogP contribution in [0.3, 0.4) is 0 Å². The molecule has 2 aromatic rings. The molecule has 1 heterocycles. The van der Waals surface area contributed by atoms with Gasteiger partial charge in [0.2, 0.25) is 5.75 Å². The molecule has 0 aliphatic carbocycles. The van der Waals surface area contributed by atoms with Crippen LogP contribution in [0.25, 0.3) is 0 Å². The van der Waals surface area contributed by atoms with Crippen LogP contribution in [0.4, 0.5) is 21.7 Å². The molecule has 0 saturated carbocycles. The monoisotopic (exact) mass is 290 g/mol. The fraction of sp³-hybridized carbons (Fsp3) is 0.333. The zero-order chi connectivity index (χ0) is 15.2. The first-order chi connectivity index (χ1) is 10.2. The Morgan fingerprint density at radius 3 is 2.71 bits per heavy atom. The average Bonchev–Trinajstić information content (AvgIpc) is 2.49. The number of nitrogens with one attached hydrogen (secondary N) is 2. The molecule has 0 unspecified atom stereocenters. The number of halogens is 1. The van der Waals surface area contributed by atoms with Crippen molar-refractivity contribution in [2.75, 3.05) is 24.3 Å². The molecule has 0 spiro atoms. The van der Waals surface area contributed by atoms with Crippen LogP contribution in [0.2, 0.25) is 0 Å². The highest BCUT2D eigenvalue weighted by Crippen LogP contribution is 2.32. The normalized spacial score (nSPS) is 10.3. The van der Waals surface area contributed by atoms with E-state index in [1.165, 1.54) is 19.5 Å². The smallest absolute Gasteiger partial charge is 0.204 e. The molecule has 1 aromatic carbocycles. The maximum Gasteiger partial charge on any atom is 0.204 e. The molecule has 6 heteroatoms. The quantitative estimate of drug-likeness (QED) is 0.852. The highest BCUT2D eigenvalue weighted by molar-refractivity contribution is 5.69. The van der Waals surface area contributed by atoms with Gasteiger partial charge in [0, 0.05) is 6.54 Å². The molecule has 0 radical (unpaired) electrons. The summed E-state index contributed by atoms with van der Waals surface area (Å²) in [6.45, 7) is 4.73. The average molecular weight is 290 g/mol. The number of rotatable bonds is 6. The van der Waals surface area contributed by atoms with E-state index >= 15 is 0 Å². The highest BCUT2D eigenvalue weighted by atomic mass is 19.1. The number of methoxy groups -OCH3 is 1. The van der Waals surface area contributed by atoms with E-state index in [1.54, 1.807) is 12.1 Å². The Labute approximate surface area is 123 Å². The zero-order valence-corrected chi connectivity index (χ0v) is 12.4. The molecule has 1 aromatic heterocycles. The minimum atomic E-state index is -0.343. The van der Waals surface area contributed by atoms with Crippen molar-refractivity contribution in [3.8, 4) is 5.75 Å². The van der Waals surface area contributed by atoms with E-state index in [4.69, 9.17) is 4.74 Å². The van der Waals surface area contributed by atoms with Crippen LogP contribution in [0.5, 0.6) is 5.75 Å². The van der Waals surface area contributed by atoms with Crippen LogP contribution < -0.4 is 15.4 Å². The van der Waals surface area contributed by atoms with Crippen molar-refractivity contribution in [3.05, 3.63) is 35.9 Å². The van der Waals surface area contributed by atoms with Gasteiger partial charge < -0.3 is 15.4 Å². The van der Waals surface area contributed by atoms with Crippen molar-refractivity contribution >= 4 is 17.3 Å². The summed E-state index contributed by atoms with van der Waals surface area (Å²) >= 11 is 0. The van der Waals surface area contributed by atoms with E-state index < -0.39 is 0 Å². The van der Waals surface area contributed by atoms with Gasteiger partial charge in [-0.3, -0.25) is 0 Å². The first-order valence-corrected chi connectivity index (χ1v) is 6.81. The van der Waals surface area contributed by atoms with Crippen LogP contribution in [0, 0.1) is 12.7 Å². The van der Waals surface area contributed by atoms with E-state index in [0.717, 1.165) is 18.5 Å². The van der Waals surface area contributed by atoms with Crippen molar-refractivity contribution in [2.24, 2.45) is 0 Å². The summed E-state index contributed by atoms with van der Waals surface area (Å²) in [4.78, 5) is 8.28. The number of anilines is 3. The molecular weight excluding hydrogens is 271 g/mol. The third kappa shape index (κ3) is 3.59. The van der Waals surface area contributed by atoms with Crippen LogP contribution in [0.15, 0.2) is 24.5 Å². The van der Waals surface area contributed by atoms with Gasteiger partial charge in [-0.1, -0.05) is 13.0 Å². The van der Waals surface area contributed by atoms with Crippen LogP contribution in [-0.2, 0) is 0 Å². The second-order valence-electron chi connectivity index (χ2n) is 4.64. The number of nitrogens with zero attached hydrogens (tertiary/aromatic N) is 2. The molecule has 2 rings (SSSR count). The van der Waals surface area contributed by atoms with Crippen molar-refractivity contribution in [1.82, 2.24) is 9.97 Å². The van der Waals surface area contributed by atoms with Crippen molar-refractivity contribution in [1.29, 1.82) is 0 Å². The molecule has 0 aliphatic rings. The van der Waals surface area contributed by atoms with Gasteiger partial charge in [-0.2, -0.15) is 0 Å². The predicted octanol–water partition coefficient (Wildman–Crippen LogP) is 3.50. The maximum atomic E-state index is 13.8. The summed E-state index contributed by atoms with van der Waals surface area (Å²) in [5.74, 6) is 1.14. The van der Waals surface area contributed by atoms with Crippen LogP contribution >= 0.6 is 0 Å². The van der Waals surface area contributed by atoms with E-state index in [-0.39, 0.29) is 5.82 Å². The Kier molecular flexibility index (Phi) is 4.92. The van der Waals surface area contributed by atoms with E-state index in [1.807, 2.05) is 6.92 Å². The predicted molar refractivity (Wildman–Crippen MR) is 81.8 cm³/mol. The minimum absolute atomic E-state index is 0.343. The van der Waals surface area contributed by atoms with Gasteiger partial charge in [0.25, 0.3) is 0 Å². The fourth-order valence-electron chi connectivity index (χ4n) is 1.89. The standard InChI is InChI=1S/C15H19FN4O/c1-4-7-17-14-13(21-3)15(19-9-18-14)20-12-8-10(2)5-6-11(12)16/h5-6,8-9H,4,7H2,1-3H3,(H2,17,18,19,20). The SMILES string of the molecule is CCCNc1ncnc(Nc2cc(C)ccc2F)c1OC. The van der Waals surface area contributed by atoms with E-state index in [0.29, 0.717) is 23.1 Å². The first-order valence-electron chi connectivity index (χ1n) is 6.81. The van der Waals surface area contributed by atoms with Crippen molar-refractivity contribution in [3.63, 3.8) is 0 Å². The Hall–Kier alpha value is -2.37. The summed E-state index contributed by atoms with van der Waals surface area (Å²) < 4.78 is 19.2. The zero-order valence-electron chi connectivity index (χ0n) is 12.4. The van der Waals surface area contributed by atoms with Crippen LogP contribution in [-0.4, -0.2) is 23.6 Å². The Balaban J connectivity index is 2.33. The number of ether oxygens (including phenoxy) is 1. The van der Waals surface area contributed by atoms with Gasteiger partial charge in [-0.05, 0) is 31.0 Å². The highest BCUT2D eigenvalue weighted by Gasteiger charge is 2.13. The molecule has 0 bridgehead atoms. The molecule has 0 aliphatic heterocycles. The lowest BCUT2D eigenvalue weighted by molar-refractivity contribution is 0.415. The molecule has 112 valence electrons. The van der Waals surface area contributed by atoms with Gasteiger partial charge >= 0.3 is 0 Å². The van der Waals surface area contributed by atoms with E-state index in [2.05, 4.69) is 27.5 Å². The Bertz CT molecular complexity index is 619. The van der Waals surface area contributed by atoms with Gasteiger partial charge in [0.1, 0.15) is 12.1 Å².